The summed E-state index contributed by atoms with van der Waals surface area (Å²) in [5.74, 6) is -0.106. The Morgan fingerprint density at radius 2 is 2.33 bits per heavy atom. The Morgan fingerprint density at radius 1 is 1.53 bits per heavy atom. The van der Waals surface area contributed by atoms with Gasteiger partial charge in [0.25, 0.3) is 0 Å². The van der Waals surface area contributed by atoms with Gasteiger partial charge in [-0.15, -0.1) is 0 Å². The molecule has 1 aliphatic heterocycles. The van der Waals surface area contributed by atoms with Crippen LogP contribution in [0.5, 0.6) is 0 Å². The summed E-state index contributed by atoms with van der Waals surface area (Å²) in [6.07, 6.45) is 4.36. The van der Waals surface area contributed by atoms with Crippen molar-refractivity contribution in [2.45, 2.75) is 37.8 Å². The zero-order chi connectivity index (χ0) is 10.7. The third kappa shape index (κ3) is 3.18. The minimum atomic E-state index is -0.106. The molecule has 15 heavy (non-hydrogen) atoms. The molecule has 0 spiro atoms. The first kappa shape index (κ1) is 10.9. The van der Waals surface area contributed by atoms with Gasteiger partial charge in [0, 0.05) is 18.6 Å². The second kappa shape index (κ2) is 4.94. The molecule has 86 valence electrons. The van der Waals surface area contributed by atoms with E-state index < -0.39 is 0 Å². The van der Waals surface area contributed by atoms with Crippen LogP contribution < -0.4 is 5.32 Å². The Bertz CT molecular complexity index is 229. The standard InChI is InChI=1S/C11H20N2O2/c1-15-11(14)7-9-8-13(10-3-4-10)6-2-5-12-9/h9-10,12H,2-8H2,1H3. The first-order valence-corrected chi connectivity index (χ1v) is 5.84. The van der Waals surface area contributed by atoms with Gasteiger partial charge in [-0.1, -0.05) is 0 Å². The van der Waals surface area contributed by atoms with Gasteiger partial charge in [0.2, 0.25) is 0 Å². The van der Waals surface area contributed by atoms with Crippen LogP contribution >= 0.6 is 0 Å². The molecule has 0 radical (unpaired) electrons. The first-order valence-electron chi connectivity index (χ1n) is 5.84. The highest BCUT2D eigenvalue weighted by Crippen LogP contribution is 2.27. The van der Waals surface area contributed by atoms with E-state index in [9.17, 15) is 4.79 Å². The summed E-state index contributed by atoms with van der Waals surface area (Å²) in [7, 11) is 1.46. The predicted molar refractivity (Wildman–Crippen MR) is 57.6 cm³/mol. The molecule has 0 aromatic rings. The van der Waals surface area contributed by atoms with Gasteiger partial charge in [-0.3, -0.25) is 9.69 Å². The Kier molecular flexibility index (Phi) is 3.59. The maximum Gasteiger partial charge on any atom is 0.307 e. The topological polar surface area (TPSA) is 41.6 Å². The number of nitrogens with one attached hydrogen (secondary N) is 1. The molecule has 1 aliphatic carbocycles. The molecule has 4 nitrogen and oxygen atoms in total. The molecule has 0 amide bonds. The van der Waals surface area contributed by atoms with Crippen molar-refractivity contribution >= 4 is 5.97 Å². The SMILES string of the molecule is COC(=O)CC1CN(C2CC2)CCCN1. The van der Waals surface area contributed by atoms with Crippen molar-refractivity contribution < 1.29 is 9.53 Å². The highest BCUT2D eigenvalue weighted by molar-refractivity contribution is 5.69. The van der Waals surface area contributed by atoms with Crippen LogP contribution in [0.2, 0.25) is 0 Å². The molecule has 0 aromatic heterocycles. The average Bonchev–Trinajstić information content (AvgIpc) is 3.03. The summed E-state index contributed by atoms with van der Waals surface area (Å²) >= 11 is 0. The van der Waals surface area contributed by atoms with Crippen molar-refractivity contribution in [1.82, 2.24) is 10.2 Å². The number of carbonyl (C=O) groups is 1. The van der Waals surface area contributed by atoms with Gasteiger partial charge in [0.05, 0.1) is 13.5 Å². The fraction of sp³-hybridized carbons (Fsp3) is 0.909. The van der Waals surface area contributed by atoms with Gasteiger partial charge in [0.1, 0.15) is 0 Å². The van der Waals surface area contributed by atoms with Gasteiger partial charge in [-0.25, -0.2) is 0 Å². The second-order valence-corrected chi connectivity index (χ2v) is 4.51. The van der Waals surface area contributed by atoms with Crippen molar-refractivity contribution in [3.63, 3.8) is 0 Å². The van der Waals surface area contributed by atoms with E-state index in [1.165, 1.54) is 32.9 Å². The van der Waals surface area contributed by atoms with E-state index in [1.54, 1.807) is 0 Å². The zero-order valence-corrected chi connectivity index (χ0v) is 9.37. The molecule has 2 fully saturated rings. The van der Waals surface area contributed by atoms with Crippen LogP contribution in [0.25, 0.3) is 0 Å². The third-order valence-corrected chi connectivity index (χ3v) is 3.21. The highest BCUT2D eigenvalue weighted by atomic mass is 16.5. The van der Waals surface area contributed by atoms with Crippen molar-refractivity contribution in [2.24, 2.45) is 0 Å². The van der Waals surface area contributed by atoms with E-state index in [2.05, 4.69) is 10.2 Å². The van der Waals surface area contributed by atoms with E-state index in [1.807, 2.05) is 0 Å². The van der Waals surface area contributed by atoms with Crippen LogP contribution in [0.1, 0.15) is 25.7 Å². The summed E-state index contributed by atoms with van der Waals surface area (Å²) in [6.45, 7) is 3.19. The molecule has 0 bridgehead atoms. The van der Waals surface area contributed by atoms with Crippen molar-refractivity contribution in [3.8, 4) is 0 Å². The van der Waals surface area contributed by atoms with Crippen LogP contribution in [0.15, 0.2) is 0 Å². The molecule has 1 heterocycles. The van der Waals surface area contributed by atoms with Crippen LogP contribution in [0.4, 0.5) is 0 Å². The fourth-order valence-electron chi connectivity index (χ4n) is 2.22. The lowest BCUT2D eigenvalue weighted by atomic mass is 10.2. The van der Waals surface area contributed by atoms with Gasteiger partial charge in [0.15, 0.2) is 0 Å². The van der Waals surface area contributed by atoms with Crippen LogP contribution in [-0.4, -0.2) is 49.7 Å². The minimum absolute atomic E-state index is 0.106. The molecular weight excluding hydrogens is 192 g/mol. The maximum atomic E-state index is 11.2. The normalized spacial score (nSPS) is 28.5. The van der Waals surface area contributed by atoms with Crippen LogP contribution in [-0.2, 0) is 9.53 Å². The number of carbonyl (C=O) groups excluding carboxylic acids is 1. The van der Waals surface area contributed by atoms with E-state index in [0.29, 0.717) is 6.42 Å². The monoisotopic (exact) mass is 212 g/mol. The lowest BCUT2D eigenvalue weighted by Crippen LogP contribution is -2.40. The largest absolute Gasteiger partial charge is 0.469 e. The first-order chi connectivity index (χ1) is 7.29. The summed E-state index contributed by atoms with van der Waals surface area (Å²) in [5.41, 5.74) is 0. The number of ether oxygens (including phenoxy) is 1. The van der Waals surface area contributed by atoms with Crippen LogP contribution in [0, 0.1) is 0 Å². The van der Waals surface area contributed by atoms with E-state index in [4.69, 9.17) is 4.74 Å². The van der Waals surface area contributed by atoms with Gasteiger partial charge >= 0.3 is 5.97 Å². The molecule has 1 N–H and O–H groups in total. The smallest absolute Gasteiger partial charge is 0.307 e. The number of hydrogen-bond acceptors (Lipinski definition) is 4. The molecule has 1 saturated heterocycles. The number of methoxy groups -OCH3 is 1. The maximum absolute atomic E-state index is 11.2. The van der Waals surface area contributed by atoms with Crippen molar-refractivity contribution in [2.75, 3.05) is 26.7 Å². The summed E-state index contributed by atoms with van der Waals surface area (Å²) < 4.78 is 4.71. The fourth-order valence-corrected chi connectivity index (χ4v) is 2.22. The molecule has 1 saturated carbocycles. The zero-order valence-electron chi connectivity index (χ0n) is 9.37. The van der Waals surface area contributed by atoms with E-state index >= 15 is 0 Å². The van der Waals surface area contributed by atoms with Gasteiger partial charge in [-0.05, 0) is 32.4 Å². The highest BCUT2D eigenvalue weighted by Gasteiger charge is 2.31. The number of esters is 1. The molecule has 1 unspecified atom stereocenters. The molecule has 4 heteroatoms. The van der Waals surface area contributed by atoms with Crippen molar-refractivity contribution in [3.05, 3.63) is 0 Å². The molecule has 2 aliphatic rings. The summed E-state index contributed by atoms with van der Waals surface area (Å²) in [6, 6.07) is 1.07. The molecular formula is C11H20N2O2. The van der Waals surface area contributed by atoms with Crippen LogP contribution in [0.3, 0.4) is 0 Å². The summed E-state index contributed by atoms with van der Waals surface area (Å²) in [4.78, 5) is 13.7. The second-order valence-electron chi connectivity index (χ2n) is 4.51. The Labute approximate surface area is 91.0 Å². The number of hydrogen-bond donors (Lipinski definition) is 1. The molecule has 2 rings (SSSR count). The third-order valence-electron chi connectivity index (χ3n) is 3.21. The number of rotatable bonds is 3. The molecule has 1 atom stereocenters. The quantitative estimate of drug-likeness (QED) is 0.687. The van der Waals surface area contributed by atoms with E-state index in [-0.39, 0.29) is 12.0 Å². The van der Waals surface area contributed by atoms with Gasteiger partial charge in [-0.2, -0.15) is 0 Å². The molecule has 0 aromatic carbocycles. The Balaban J connectivity index is 1.83. The van der Waals surface area contributed by atoms with Crippen molar-refractivity contribution in [1.29, 1.82) is 0 Å². The Hall–Kier alpha value is -0.610. The van der Waals surface area contributed by atoms with E-state index in [0.717, 1.165) is 19.1 Å². The Morgan fingerprint density at radius 3 is 3.00 bits per heavy atom. The summed E-state index contributed by atoms with van der Waals surface area (Å²) in [5, 5.41) is 3.42. The lowest BCUT2D eigenvalue weighted by molar-refractivity contribution is -0.141. The predicted octanol–water partition coefficient (Wildman–Crippen LogP) is 0.376. The lowest BCUT2D eigenvalue weighted by Gasteiger charge is -2.23. The number of nitrogens with zero attached hydrogens (tertiary/aromatic N) is 1. The minimum Gasteiger partial charge on any atom is -0.469 e. The van der Waals surface area contributed by atoms with Gasteiger partial charge < -0.3 is 10.1 Å². The average molecular weight is 212 g/mol.